The maximum Gasteiger partial charge on any atom is 0.0525 e. The minimum Gasteiger partial charge on any atom is -0.393 e. The van der Waals surface area contributed by atoms with Crippen molar-refractivity contribution in [3.8, 4) is 0 Å². The van der Waals surface area contributed by atoms with Gasteiger partial charge in [0.2, 0.25) is 0 Å². The highest BCUT2D eigenvalue weighted by atomic mass is 32.1. The topological polar surface area (TPSA) is 20.2 Å². The molecule has 0 aliphatic rings. The first-order valence-electron chi connectivity index (χ1n) is 4.11. The Kier molecular flexibility index (Phi) is 3.63. The lowest BCUT2D eigenvalue weighted by Crippen LogP contribution is -2.03. The summed E-state index contributed by atoms with van der Waals surface area (Å²) < 4.78 is 0. The monoisotopic (exact) mass is 182 g/mol. The number of hydrogen-bond acceptors (Lipinski definition) is 2. The summed E-state index contributed by atoms with van der Waals surface area (Å²) >= 11 is 4.40. The van der Waals surface area contributed by atoms with Crippen LogP contribution in [-0.4, -0.2) is 11.2 Å². The summed E-state index contributed by atoms with van der Waals surface area (Å²) in [7, 11) is 0. The fourth-order valence-corrected chi connectivity index (χ4v) is 1.61. The Morgan fingerprint density at radius 2 is 1.92 bits per heavy atom. The Labute approximate surface area is 78.8 Å². The molecule has 2 atom stereocenters. The second kappa shape index (κ2) is 4.53. The molecule has 0 saturated carbocycles. The van der Waals surface area contributed by atoms with Gasteiger partial charge in [-0.15, -0.1) is 0 Å². The van der Waals surface area contributed by atoms with E-state index in [0.717, 1.165) is 0 Å². The van der Waals surface area contributed by atoms with Gasteiger partial charge in [0, 0.05) is 5.25 Å². The predicted molar refractivity (Wildman–Crippen MR) is 54.5 cm³/mol. The van der Waals surface area contributed by atoms with Gasteiger partial charge in [0.25, 0.3) is 0 Å². The molecule has 2 heteroatoms. The third-order valence-electron chi connectivity index (χ3n) is 1.75. The minimum absolute atomic E-state index is 0.145. The summed E-state index contributed by atoms with van der Waals surface area (Å²) in [5.74, 6) is 0. The average molecular weight is 182 g/mol. The van der Waals surface area contributed by atoms with E-state index in [4.69, 9.17) is 5.11 Å². The third-order valence-corrected chi connectivity index (χ3v) is 2.26. The van der Waals surface area contributed by atoms with Gasteiger partial charge >= 0.3 is 0 Å². The highest BCUT2D eigenvalue weighted by molar-refractivity contribution is 7.80. The molecule has 0 spiro atoms. The standard InChI is InChI=1S/C10H14OS/c1-8(11)7-10(12)9-5-3-2-4-6-9/h2-6,8,10-12H,7H2,1H3/t8-,10+/m1/s1. The van der Waals surface area contributed by atoms with E-state index in [1.54, 1.807) is 6.92 Å². The average Bonchev–Trinajstić information content (AvgIpc) is 2.05. The Hall–Kier alpha value is -0.470. The lowest BCUT2D eigenvalue weighted by atomic mass is 10.1. The van der Waals surface area contributed by atoms with Crippen molar-refractivity contribution in [1.82, 2.24) is 0 Å². The summed E-state index contributed by atoms with van der Waals surface area (Å²) in [6.45, 7) is 1.78. The molecule has 0 radical (unpaired) electrons. The summed E-state index contributed by atoms with van der Waals surface area (Å²) in [6, 6.07) is 10.0. The summed E-state index contributed by atoms with van der Waals surface area (Å²) in [5, 5.41) is 9.28. The van der Waals surface area contributed by atoms with Crippen LogP contribution >= 0.6 is 12.6 Å². The second-order valence-corrected chi connectivity index (χ2v) is 3.63. The van der Waals surface area contributed by atoms with E-state index in [1.807, 2.05) is 30.3 Å². The van der Waals surface area contributed by atoms with Crippen molar-refractivity contribution in [2.75, 3.05) is 0 Å². The molecule has 0 saturated heterocycles. The molecule has 0 heterocycles. The zero-order valence-corrected chi connectivity index (χ0v) is 8.04. The molecular formula is C10H14OS. The predicted octanol–water partition coefficient (Wildman–Crippen LogP) is 2.43. The van der Waals surface area contributed by atoms with Crippen molar-refractivity contribution in [3.05, 3.63) is 35.9 Å². The fourth-order valence-electron chi connectivity index (χ4n) is 1.13. The quantitative estimate of drug-likeness (QED) is 0.688. The van der Waals surface area contributed by atoms with Crippen molar-refractivity contribution >= 4 is 12.6 Å². The summed E-state index contributed by atoms with van der Waals surface area (Å²) in [5.41, 5.74) is 1.17. The van der Waals surface area contributed by atoms with Gasteiger partial charge in [-0.05, 0) is 18.9 Å². The maximum atomic E-state index is 9.14. The van der Waals surface area contributed by atoms with E-state index < -0.39 is 0 Å². The number of hydrogen-bond donors (Lipinski definition) is 2. The second-order valence-electron chi connectivity index (χ2n) is 3.01. The van der Waals surface area contributed by atoms with Gasteiger partial charge < -0.3 is 5.11 Å². The third kappa shape index (κ3) is 2.88. The molecule has 0 unspecified atom stereocenters. The molecule has 0 aliphatic carbocycles. The highest BCUT2D eigenvalue weighted by Gasteiger charge is 2.08. The zero-order chi connectivity index (χ0) is 8.97. The van der Waals surface area contributed by atoms with Crippen molar-refractivity contribution in [1.29, 1.82) is 0 Å². The molecule has 0 fully saturated rings. The van der Waals surface area contributed by atoms with Crippen molar-refractivity contribution in [2.45, 2.75) is 24.7 Å². The van der Waals surface area contributed by atoms with Crippen LogP contribution < -0.4 is 0 Å². The van der Waals surface area contributed by atoms with Gasteiger partial charge in [0.1, 0.15) is 0 Å². The smallest absolute Gasteiger partial charge is 0.0525 e. The maximum absolute atomic E-state index is 9.14. The first kappa shape index (κ1) is 9.62. The lowest BCUT2D eigenvalue weighted by molar-refractivity contribution is 0.184. The molecule has 1 aromatic rings. The van der Waals surface area contributed by atoms with E-state index in [0.29, 0.717) is 6.42 Å². The van der Waals surface area contributed by atoms with Crippen LogP contribution in [0.4, 0.5) is 0 Å². The first-order valence-corrected chi connectivity index (χ1v) is 4.63. The Balaban J connectivity index is 2.59. The van der Waals surface area contributed by atoms with Crippen LogP contribution in [0.15, 0.2) is 30.3 Å². The van der Waals surface area contributed by atoms with E-state index in [-0.39, 0.29) is 11.4 Å². The number of aliphatic hydroxyl groups excluding tert-OH is 1. The number of aliphatic hydroxyl groups is 1. The van der Waals surface area contributed by atoms with Crippen LogP contribution in [0.5, 0.6) is 0 Å². The van der Waals surface area contributed by atoms with E-state index >= 15 is 0 Å². The molecule has 0 bridgehead atoms. The molecule has 1 rings (SSSR count). The molecule has 0 amide bonds. The molecular weight excluding hydrogens is 168 g/mol. The molecule has 1 nitrogen and oxygen atoms in total. The van der Waals surface area contributed by atoms with Gasteiger partial charge in [-0.3, -0.25) is 0 Å². The number of thiol groups is 1. The Morgan fingerprint density at radius 1 is 1.33 bits per heavy atom. The molecule has 12 heavy (non-hydrogen) atoms. The van der Waals surface area contributed by atoms with Crippen LogP contribution in [0.1, 0.15) is 24.2 Å². The van der Waals surface area contributed by atoms with E-state index in [2.05, 4.69) is 12.6 Å². The van der Waals surface area contributed by atoms with E-state index in [1.165, 1.54) is 5.56 Å². The lowest BCUT2D eigenvalue weighted by Gasteiger charge is -2.12. The minimum atomic E-state index is -0.285. The summed E-state index contributed by atoms with van der Waals surface area (Å²) in [4.78, 5) is 0. The molecule has 1 aromatic carbocycles. The normalized spacial score (nSPS) is 15.6. The van der Waals surface area contributed by atoms with Crippen LogP contribution in [-0.2, 0) is 0 Å². The van der Waals surface area contributed by atoms with Gasteiger partial charge in [-0.2, -0.15) is 12.6 Å². The van der Waals surface area contributed by atoms with Gasteiger partial charge in [0.05, 0.1) is 6.10 Å². The SMILES string of the molecule is C[C@@H](O)C[C@H](S)c1ccccc1. The highest BCUT2D eigenvalue weighted by Crippen LogP contribution is 2.24. The zero-order valence-electron chi connectivity index (χ0n) is 7.14. The number of benzene rings is 1. The summed E-state index contributed by atoms with van der Waals surface area (Å²) in [6.07, 6.45) is 0.417. The fraction of sp³-hybridized carbons (Fsp3) is 0.400. The largest absolute Gasteiger partial charge is 0.393 e. The van der Waals surface area contributed by atoms with Crippen LogP contribution in [0.2, 0.25) is 0 Å². The van der Waals surface area contributed by atoms with Crippen LogP contribution in [0.25, 0.3) is 0 Å². The molecule has 0 aromatic heterocycles. The molecule has 0 aliphatic heterocycles. The van der Waals surface area contributed by atoms with Gasteiger partial charge in [0.15, 0.2) is 0 Å². The number of rotatable bonds is 3. The van der Waals surface area contributed by atoms with Crippen molar-refractivity contribution in [3.63, 3.8) is 0 Å². The Bertz CT molecular complexity index is 221. The Morgan fingerprint density at radius 3 is 2.42 bits per heavy atom. The van der Waals surface area contributed by atoms with Crippen LogP contribution in [0, 0.1) is 0 Å². The van der Waals surface area contributed by atoms with Crippen molar-refractivity contribution < 1.29 is 5.11 Å². The molecule has 1 N–H and O–H groups in total. The van der Waals surface area contributed by atoms with Crippen molar-refractivity contribution in [2.24, 2.45) is 0 Å². The first-order chi connectivity index (χ1) is 5.70. The van der Waals surface area contributed by atoms with Gasteiger partial charge in [-0.1, -0.05) is 30.3 Å². The van der Waals surface area contributed by atoms with Gasteiger partial charge in [-0.25, -0.2) is 0 Å². The van der Waals surface area contributed by atoms with Crippen LogP contribution in [0.3, 0.4) is 0 Å². The van der Waals surface area contributed by atoms with E-state index in [9.17, 15) is 0 Å². The molecule has 66 valence electrons.